The molecule has 0 N–H and O–H groups in total. The molecule has 2 aliphatic rings. The summed E-state index contributed by atoms with van der Waals surface area (Å²) in [5, 5.41) is 8.26. The van der Waals surface area contributed by atoms with E-state index in [1.165, 1.54) is 24.3 Å². The highest BCUT2D eigenvalue weighted by Crippen LogP contribution is 2.30. The van der Waals surface area contributed by atoms with Crippen molar-refractivity contribution in [2.75, 3.05) is 72.7 Å². The number of carbonyl (C=O) groups excluding carboxylic acids is 2. The van der Waals surface area contributed by atoms with Crippen LogP contribution < -0.4 is 9.47 Å². The Bertz CT molecular complexity index is 2150. The zero-order valence-corrected chi connectivity index (χ0v) is 36.5. The Morgan fingerprint density at radius 1 is 0.554 bits per heavy atom. The van der Waals surface area contributed by atoms with Crippen LogP contribution in [-0.2, 0) is 49.6 Å². The lowest BCUT2D eigenvalue weighted by molar-refractivity contribution is -0.138. The van der Waals surface area contributed by atoms with E-state index < -0.39 is 23.5 Å². The van der Waals surface area contributed by atoms with E-state index in [0.29, 0.717) is 86.3 Å². The molecule has 0 atom stereocenters. The maximum absolute atomic E-state index is 12.6. The zero-order chi connectivity index (χ0) is 46.8. The molecule has 0 aromatic heterocycles. The van der Waals surface area contributed by atoms with E-state index in [2.05, 4.69) is 15.2 Å². The highest BCUT2D eigenvalue weighted by molar-refractivity contribution is 6.00. The number of halogens is 6. The van der Waals surface area contributed by atoms with Crippen LogP contribution in [0.15, 0.2) is 107 Å². The van der Waals surface area contributed by atoms with Crippen molar-refractivity contribution < 1.29 is 59.8 Å². The third kappa shape index (κ3) is 16.1. The standard InChI is InChI=1S/C24H28F3N3O3.C23H25F3N2O4/c1-3-22(28-33-16-18-4-8-20(9-5-18)24(25,26)27)19-6-10-21(11-7-19)32-17-23(31)30-14-12-29(2)13-15-30;1-2-21(27-32-15-17-3-7-19(8-4-17)23(24,25)26)18-5-9-20(10-6-18)31-16-22(29)28-11-13-30-14-12-28/h4-11H,3,12-17H2,1-2H3;3-10H,2,11-16H2,1H3. The average molecular weight is 914 g/mol. The van der Waals surface area contributed by atoms with Crippen molar-refractivity contribution in [3.8, 4) is 11.5 Å². The summed E-state index contributed by atoms with van der Waals surface area (Å²) < 4.78 is 92.3. The molecule has 2 amide bonds. The monoisotopic (exact) mass is 913 g/mol. The summed E-state index contributed by atoms with van der Waals surface area (Å²) >= 11 is 0. The highest BCUT2D eigenvalue weighted by atomic mass is 19.4. The van der Waals surface area contributed by atoms with Crippen molar-refractivity contribution >= 4 is 23.2 Å². The van der Waals surface area contributed by atoms with Gasteiger partial charge in [-0.2, -0.15) is 26.3 Å². The van der Waals surface area contributed by atoms with Crippen LogP contribution in [0.25, 0.3) is 0 Å². The number of hydrogen-bond donors (Lipinski definition) is 0. The smallest absolute Gasteiger partial charge is 0.416 e. The van der Waals surface area contributed by atoms with Gasteiger partial charge in [-0.3, -0.25) is 9.59 Å². The molecule has 2 fully saturated rings. The summed E-state index contributed by atoms with van der Waals surface area (Å²) in [5.41, 5.74) is 2.83. The first-order chi connectivity index (χ1) is 31.1. The number of alkyl halides is 6. The molecule has 12 nitrogen and oxygen atoms in total. The Morgan fingerprint density at radius 2 is 0.923 bits per heavy atom. The maximum Gasteiger partial charge on any atom is 0.416 e. The second kappa shape index (κ2) is 24.2. The summed E-state index contributed by atoms with van der Waals surface area (Å²) in [6, 6.07) is 23.9. The van der Waals surface area contributed by atoms with Gasteiger partial charge in [-0.15, -0.1) is 0 Å². The Morgan fingerprint density at radius 3 is 1.28 bits per heavy atom. The van der Waals surface area contributed by atoms with E-state index in [1.807, 2.05) is 50.1 Å². The van der Waals surface area contributed by atoms with Crippen molar-refractivity contribution in [3.05, 3.63) is 130 Å². The third-order valence-electron chi connectivity index (χ3n) is 10.4. The van der Waals surface area contributed by atoms with Gasteiger partial charge in [0, 0.05) is 39.3 Å². The minimum atomic E-state index is -4.36. The molecular formula is C47H53F6N5O7. The molecule has 0 spiro atoms. The van der Waals surface area contributed by atoms with Crippen LogP contribution in [0, 0.1) is 0 Å². The number of ether oxygens (including phenoxy) is 3. The first-order valence-electron chi connectivity index (χ1n) is 21.1. The zero-order valence-electron chi connectivity index (χ0n) is 36.5. The fourth-order valence-corrected chi connectivity index (χ4v) is 6.42. The molecule has 0 unspecified atom stereocenters. The normalized spacial score (nSPS) is 15.2. The van der Waals surface area contributed by atoms with Gasteiger partial charge in [-0.05, 0) is 115 Å². The minimum absolute atomic E-state index is 0.00593. The van der Waals surface area contributed by atoms with Crippen LogP contribution in [0.2, 0.25) is 0 Å². The lowest BCUT2D eigenvalue weighted by Crippen LogP contribution is -2.48. The molecule has 0 saturated carbocycles. The van der Waals surface area contributed by atoms with Crippen LogP contribution in [0.4, 0.5) is 26.3 Å². The second-order valence-corrected chi connectivity index (χ2v) is 15.0. The van der Waals surface area contributed by atoms with Gasteiger partial charge in [0.05, 0.1) is 35.8 Å². The van der Waals surface area contributed by atoms with E-state index in [0.717, 1.165) is 48.5 Å². The van der Waals surface area contributed by atoms with Crippen molar-refractivity contribution in [1.82, 2.24) is 14.7 Å². The van der Waals surface area contributed by atoms with Gasteiger partial charge in [0.1, 0.15) is 24.7 Å². The molecule has 2 heterocycles. The fraction of sp³-hybridized carbons (Fsp3) is 0.404. The third-order valence-corrected chi connectivity index (χ3v) is 10.4. The van der Waals surface area contributed by atoms with Crippen molar-refractivity contribution in [2.24, 2.45) is 10.3 Å². The molecule has 0 bridgehead atoms. The Hall–Kier alpha value is -6.14. The predicted octanol–water partition coefficient (Wildman–Crippen LogP) is 8.46. The fourth-order valence-electron chi connectivity index (χ4n) is 6.42. The SMILES string of the molecule is CCC(=NOCc1ccc(C(F)(F)F)cc1)c1ccc(OCC(=O)N2CCN(C)CC2)cc1.CCC(=NOCc1ccc(C(F)(F)F)cc1)c1ccc(OCC(=O)N2CCOCC2)cc1. The number of carbonyl (C=O) groups is 2. The number of morpholine rings is 1. The van der Waals surface area contributed by atoms with E-state index in [9.17, 15) is 35.9 Å². The lowest BCUT2D eigenvalue weighted by Gasteiger charge is -2.32. The van der Waals surface area contributed by atoms with Gasteiger partial charge in [0.2, 0.25) is 0 Å². The van der Waals surface area contributed by atoms with Crippen LogP contribution in [-0.4, -0.2) is 111 Å². The Labute approximate surface area is 374 Å². The number of nitrogens with zero attached hydrogens (tertiary/aromatic N) is 5. The Kier molecular flexibility index (Phi) is 18.6. The van der Waals surface area contributed by atoms with E-state index in [4.69, 9.17) is 23.9 Å². The summed E-state index contributed by atoms with van der Waals surface area (Å²) in [7, 11) is 2.04. The van der Waals surface area contributed by atoms with Gasteiger partial charge in [0.25, 0.3) is 11.8 Å². The first kappa shape index (κ1) is 49.9. The number of likely N-dealkylation sites (N-methyl/N-ethyl adjacent to an activating group) is 1. The number of rotatable bonds is 16. The molecule has 350 valence electrons. The second-order valence-electron chi connectivity index (χ2n) is 15.0. The topological polar surface area (TPSA) is 115 Å². The molecule has 0 aliphatic carbocycles. The molecule has 4 aromatic carbocycles. The van der Waals surface area contributed by atoms with Crippen molar-refractivity contribution in [1.29, 1.82) is 0 Å². The summed E-state index contributed by atoms with van der Waals surface area (Å²) in [4.78, 5) is 40.9. The molecule has 2 aliphatic heterocycles. The summed E-state index contributed by atoms with van der Waals surface area (Å²) in [5.74, 6) is 1.04. The van der Waals surface area contributed by atoms with Gasteiger partial charge in [0.15, 0.2) is 13.2 Å². The van der Waals surface area contributed by atoms with Crippen LogP contribution in [0.1, 0.15) is 60.1 Å². The summed E-state index contributed by atoms with van der Waals surface area (Å²) in [6.45, 7) is 9.31. The predicted molar refractivity (Wildman–Crippen MR) is 231 cm³/mol. The number of benzene rings is 4. The molecule has 6 rings (SSSR count). The van der Waals surface area contributed by atoms with E-state index in [-0.39, 0.29) is 38.2 Å². The summed E-state index contributed by atoms with van der Waals surface area (Å²) in [6.07, 6.45) is -7.52. The number of amides is 2. The van der Waals surface area contributed by atoms with Crippen LogP contribution in [0.5, 0.6) is 11.5 Å². The van der Waals surface area contributed by atoms with Crippen molar-refractivity contribution in [2.45, 2.75) is 52.3 Å². The molecule has 65 heavy (non-hydrogen) atoms. The number of piperazine rings is 1. The molecule has 0 radical (unpaired) electrons. The van der Waals surface area contributed by atoms with Gasteiger partial charge in [-0.25, -0.2) is 0 Å². The highest BCUT2D eigenvalue weighted by Gasteiger charge is 2.31. The largest absolute Gasteiger partial charge is 0.484 e. The van der Waals surface area contributed by atoms with E-state index in [1.54, 1.807) is 29.2 Å². The average Bonchev–Trinajstić information content (AvgIpc) is 3.31. The minimum Gasteiger partial charge on any atom is -0.484 e. The number of hydrogen-bond acceptors (Lipinski definition) is 10. The lowest BCUT2D eigenvalue weighted by atomic mass is 10.1. The van der Waals surface area contributed by atoms with Gasteiger partial charge < -0.3 is 38.6 Å². The first-order valence-corrected chi connectivity index (χ1v) is 21.1. The van der Waals surface area contributed by atoms with Crippen LogP contribution in [0.3, 0.4) is 0 Å². The Balaban J connectivity index is 0.000000244. The maximum atomic E-state index is 12.6. The quantitative estimate of drug-likeness (QED) is 0.0626. The molecule has 4 aromatic rings. The van der Waals surface area contributed by atoms with Gasteiger partial charge >= 0.3 is 12.4 Å². The van der Waals surface area contributed by atoms with Gasteiger partial charge in [-0.1, -0.05) is 48.4 Å². The molecular weight excluding hydrogens is 861 g/mol. The van der Waals surface area contributed by atoms with E-state index >= 15 is 0 Å². The molecule has 18 heteroatoms. The molecule has 2 saturated heterocycles. The van der Waals surface area contributed by atoms with Crippen molar-refractivity contribution in [3.63, 3.8) is 0 Å². The van der Waals surface area contributed by atoms with Crippen LogP contribution >= 0.6 is 0 Å². The number of oxime groups is 2.